The Bertz CT molecular complexity index is 759. The smallest absolute Gasteiger partial charge is 0.0406 e. The Morgan fingerprint density at radius 2 is 1.45 bits per heavy atom. The van der Waals surface area contributed by atoms with Crippen molar-refractivity contribution in [3.63, 3.8) is 0 Å². The average molecular weight is 310 g/mol. The molecule has 0 fully saturated rings. The highest BCUT2D eigenvalue weighted by Gasteiger charge is 2.13. The van der Waals surface area contributed by atoms with Crippen molar-refractivity contribution in [2.75, 3.05) is 0 Å². The number of rotatable bonds is 4. The molecule has 0 aliphatic carbocycles. The molecule has 0 radical (unpaired) electrons. The molecule has 3 aromatic carbocycles. The van der Waals surface area contributed by atoms with E-state index < -0.39 is 0 Å². The zero-order valence-electron chi connectivity index (χ0n) is 12.9. The molecule has 3 rings (SSSR count). The summed E-state index contributed by atoms with van der Waals surface area (Å²) in [6.45, 7) is 4.40. The first-order valence-electron chi connectivity index (χ1n) is 7.64. The first kappa shape index (κ1) is 15.1. The molecule has 0 aromatic heterocycles. The van der Waals surface area contributed by atoms with E-state index in [9.17, 15) is 0 Å². The fourth-order valence-corrected chi connectivity index (χ4v) is 3.07. The SMILES string of the molecule is C[C@@H](N[C@H](C)c1cccc2ccccc12)c1ccc(Cl)cc1. The third kappa shape index (κ3) is 3.16. The molecule has 1 N–H and O–H groups in total. The maximum Gasteiger partial charge on any atom is 0.0406 e. The number of fused-ring (bicyclic) bond motifs is 1. The molecule has 0 aliphatic rings. The zero-order valence-corrected chi connectivity index (χ0v) is 13.6. The summed E-state index contributed by atoms with van der Waals surface area (Å²) in [6.07, 6.45) is 0. The van der Waals surface area contributed by atoms with Gasteiger partial charge in [0.1, 0.15) is 0 Å². The lowest BCUT2D eigenvalue weighted by molar-refractivity contribution is 0.497. The van der Waals surface area contributed by atoms with Gasteiger partial charge in [-0.3, -0.25) is 0 Å². The van der Waals surface area contributed by atoms with Gasteiger partial charge in [-0.1, -0.05) is 66.2 Å². The fourth-order valence-electron chi connectivity index (χ4n) is 2.94. The van der Waals surface area contributed by atoms with Crippen LogP contribution < -0.4 is 5.32 Å². The average Bonchev–Trinajstić information content (AvgIpc) is 2.54. The maximum absolute atomic E-state index is 5.96. The molecule has 0 saturated carbocycles. The van der Waals surface area contributed by atoms with Crippen LogP contribution in [0.5, 0.6) is 0 Å². The summed E-state index contributed by atoms with van der Waals surface area (Å²) in [5.74, 6) is 0. The van der Waals surface area contributed by atoms with E-state index in [1.54, 1.807) is 0 Å². The molecule has 0 amide bonds. The quantitative estimate of drug-likeness (QED) is 0.632. The van der Waals surface area contributed by atoms with Crippen LogP contribution >= 0.6 is 11.6 Å². The number of halogens is 1. The van der Waals surface area contributed by atoms with Gasteiger partial charge in [0, 0.05) is 17.1 Å². The molecule has 22 heavy (non-hydrogen) atoms. The molecule has 3 aromatic rings. The van der Waals surface area contributed by atoms with Gasteiger partial charge in [0.05, 0.1) is 0 Å². The minimum absolute atomic E-state index is 0.270. The summed E-state index contributed by atoms with van der Waals surface area (Å²) in [4.78, 5) is 0. The topological polar surface area (TPSA) is 12.0 Å². The molecule has 0 unspecified atom stereocenters. The van der Waals surface area contributed by atoms with Gasteiger partial charge in [0.15, 0.2) is 0 Å². The van der Waals surface area contributed by atoms with Gasteiger partial charge >= 0.3 is 0 Å². The van der Waals surface area contributed by atoms with Gasteiger partial charge in [-0.15, -0.1) is 0 Å². The summed E-state index contributed by atoms with van der Waals surface area (Å²) in [7, 11) is 0. The van der Waals surface area contributed by atoms with E-state index in [4.69, 9.17) is 11.6 Å². The fraction of sp³-hybridized carbons (Fsp3) is 0.200. The number of hydrogen-bond donors (Lipinski definition) is 1. The van der Waals surface area contributed by atoms with Gasteiger partial charge in [-0.25, -0.2) is 0 Å². The van der Waals surface area contributed by atoms with Crippen molar-refractivity contribution in [3.8, 4) is 0 Å². The van der Waals surface area contributed by atoms with Gasteiger partial charge < -0.3 is 5.32 Å². The molecule has 112 valence electrons. The Morgan fingerprint density at radius 3 is 2.23 bits per heavy atom. The summed E-state index contributed by atoms with van der Waals surface area (Å²) < 4.78 is 0. The van der Waals surface area contributed by atoms with Crippen molar-refractivity contribution in [1.82, 2.24) is 5.32 Å². The summed E-state index contributed by atoms with van der Waals surface area (Å²) in [5.41, 5.74) is 2.58. The van der Waals surface area contributed by atoms with Crippen molar-refractivity contribution in [1.29, 1.82) is 0 Å². The second-order valence-electron chi connectivity index (χ2n) is 5.73. The number of benzene rings is 3. The monoisotopic (exact) mass is 309 g/mol. The molecule has 2 heteroatoms. The Labute approximate surface area is 136 Å². The largest absolute Gasteiger partial charge is 0.304 e. The molecule has 0 heterocycles. The van der Waals surface area contributed by atoms with Crippen molar-refractivity contribution in [2.24, 2.45) is 0 Å². The molecular weight excluding hydrogens is 290 g/mol. The van der Waals surface area contributed by atoms with Crippen LogP contribution in [0, 0.1) is 0 Å². The second-order valence-corrected chi connectivity index (χ2v) is 6.17. The normalized spacial score (nSPS) is 14.0. The third-order valence-corrected chi connectivity index (χ3v) is 4.41. The maximum atomic E-state index is 5.96. The van der Waals surface area contributed by atoms with Crippen molar-refractivity contribution in [3.05, 3.63) is 82.9 Å². The highest BCUT2D eigenvalue weighted by atomic mass is 35.5. The van der Waals surface area contributed by atoms with Crippen LogP contribution in [0.15, 0.2) is 66.7 Å². The predicted octanol–water partition coefficient (Wildman–Crippen LogP) is 5.91. The van der Waals surface area contributed by atoms with Crippen LogP contribution in [0.4, 0.5) is 0 Å². The second kappa shape index (κ2) is 6.51. The summed E-state index contributed by atoms with van der Waals surface area (Å²) in [5, 5.41) is 7.06. The first-order chi connectivity index (χ1) is 10.6. The van der Waals surface area contributed by atoms with E-state index in [0.717, 1.165) is 5.02 Å². The highest BCUT2D eigenvalue weighted by Crippen LogP contribution is 2.26. The minimum Gasteiger partial charge on any atom is -0.304 e. The van der Waals surface area contributed by atoms with Crippen LogP contribution in [0.2, 0.25) is 5.02 Å². The van der Waals surface area contributed by atoms with Crippen molar-refractivity contribution in [2.45, 2.75) is 25.9 Å². The van der Waals surface area contributed by atoms with Crippen LogP contribution in [-0.4, -0.2) is 0 Å². The van der Waals surface area contributed by atoms with E-state index in [1.165, 1.54) is 21.9 Å². The summed E-state index contributed by atoms with van der Waals surface area (Å²) in [6, 6.07) is 23.6. The lowest BCUT2D eigenvalue weighted by Gasteiger charge is -2.22. The molecule has 2 atom stereocenters. The van der Waals surface area contributed by atoms with Crippen LogP contribution in [0.3, 0.4) is 0 Å². The molecule has 0 bridgehead atoms. The van der Waals surface area contributed by atoms with Gasteiger partial charge in [-0.2, -0.15) is 0 Å². The van der Waals surface area contributed by atoms with Gasteiger partial charge in [0.25, 0.3) is 0 Å². The molecule has 0 saturated heterocycles. The zero-order chi connectivity index (χ0) is 15.5. The minimum atomic E-state index is 0.270. The summed E-state index contributed by atoms with van der Waals surface area (Å²) >= 11 is 5.96. The van der Waals surface area contributed by atoms with Gasteiger partial charge in [-0.05, 0) is 47.9 Å². The highest BCUT2D eigenvalue weighted by molar-refractivity contribution is 6.30. The van der Waals surface area contributed by atoms with E-state index in [1.807, 2.05) is 12.1 Å². The molecular formula is C20H20ClN. The predicted molar refractivity (Wildman–Crippen MR) is 95.4 cm³/mol. The van der Waals surface area contributed by atoms with Crippen molar-refractivity contribution >= 4 is 22.4 Å². The molecule has 0 spiro atoms. The first-order valence-corrected chi connectivity index (χ1v) is 8.02. The Balaban J connectivity index is 1.84. The van der Waals surface area contributed by atoms with E-state index in [2.05, 4.69) is 73.8 Å². The number of hydrogen-bond acceptors (Lipinski definition) is 1. The van der Waals surface area contributed by atoms with Crippen LogP contribution in [-0.2, 0) is 0 Å². The molecule has 0 aliphatic heterocycles. The Kier molecular flexibility index (Phi) is 4.47. The van der Waals surface area contributed by atoms with Crippen LogP contribution in [0.25, 0.3) is 10.8 Å². The standard InChI is InChI=1S/C20H20ClN/c1-14(16-10-12-18(21)13-11-16)22-15(2)19-9-5-7-17-6-3-4-8-20(17)19/h3-15,22H,1-2H3/t14-,15-/m1/s1. The van der Waals surface area contributed by atoms with E-state index in [0.29, 0.717) is 0 Å². The lowest BCUT2D eigenvalue weighted by Crippen LogP contribution is -2.22. The Hall–Kier alpha value is -1.83. The van der Waals surface area contributed by atoms with Crippen LogP contribution in [0.1, 0.15) is 37.1 Å². The van der Waals surface area contributed by atoms with E-state index in [-0.39, 0.29) is 12.1 Å². The van der Waals surface area contributed by atoms with E-state index >= 15 is 0 Å². The number of nitrogens with one attached hydrogen (secondary N) is 1. The van der Waals surface area contributed by atoms with Crippen molar-refractivity contribution < 1.29 is 0 Å². The third-order valence-electron chi connectivity index (χ3n) is 4.16. The van der Waals surface area contributed by atoms with Gasteiger partial charge in [0.2, 0.25) is 0 Å². The lowest BCUT2D eigenvalue weighted by atomic mass is 9.98. The molecule has 1 nitrogen and oxygen atoms in total. The Morgan fingerprint density at radius 1 is 0.773 bits per heavy atom.